The van der Waals surface area contributed by atoms with Crippen LogP contribution in [0.15, 0.2) is 12.1 Å². The van der Waals surface area contributed by atoms with Crippen molar-refractivity contribution in [1.82, 2.24) is 5.32 Å². The quantitative estimate of drug-likeness (QED) is 0.801. The predicted molar refractivity (Wildman–Crippen MR) is 66.9 cm³/mol. The Labute approximate surface area is 118 Å². The van der Waals surface area contributed by atoms with E-state index in [1.54, 1.807) is 6.92 Å². The largest absolute Gasteiger partial charge is 0.478 e. The number of carbonyl (C=O) groups is 3. The van der Waals surface area contributed by atoms with Crippen LogP contribution in [0, 0.1) is 11.6 Å². The first-order chi connectivity index (χ1) is 9.77. The fraction of sp³-hybridized carbons (Fsp3) is 0.308. The van der Waals surface area contributed by atoms with Crippen molar-refractivity contribution in [1.29, 1.82) is 0 Å². The number of aromatic carboxylic acids is 1. The first-order valence-corrected chi connectivity index (χ1v) is 5.97. The second-order valence-corrected chi connectivity index (χ2v) is 4.06. The molecule has 0 fully saturated rings. The lowest BCUT2D eigenvalue weighted by atomic mass is 10.1. The zero-order valence-electron chi connectivity index (χ0n) is 11.3. The molecule has 114 valence electrons. The Morgan fingerprint density at radius 3 is 2.24 bits per heavy atom. The number of nitrogens with one attached hydrogen (secondary N) is 1. The third-order valence-corrected chi connectivity index (χ3v) is 2.52. The highest BCUT2D eigenvalue weighted by Crippen LogP contribution is 2.15. The van der Waals surface area contributed by atoms with Crippen LogP contribution >= 0.6 is 0 Å². The second kappa shape index (κ2) is 6.78. The molecular weight excluding hydrogens is 288 g/mol. The minimum absolute atomic E-state index is 0.102. The molecule has 0 aromatic heterocycles. The van der Waals surface area contributed by atoms with Crippen LogP contribution in [0.4, 0.5) is 8.78 Å². The first kappa shape index (κ1) is 16.5. The zero-order valence-corrected chi connectivity index (χ0v) is 11.3. The normalized spacial score (nSPS) is 11.6. The van der Waals surface area contributed by atoms with Crippen LogP contribution in [0.3, 0.4) is 0 Å². The minimum Gasteiger partial charge on any atom is -0.478 e. The third kappa shape index (κ3) is 3.98. The molecule has 0 saturated heterocycles. The summed E-state index contributed by atoms with van der Waals surface area (Å²) in [6.45, 7) is 2.99. The van der Waals surface area contributed by atoms with Crippen LogP contribution in [0.2, 0.25) is 0 Å². The number of ether oxygens (including phenoxy) is 1. The smallest absolute Gasteiger partial charge is 0.336 e. The molecule has 1 amide bonds. The van der Waals surface area contributed by atoms with E-state index in [1.165, 1.54) is 6.92 Å². The summed E-state index contributed by atoms with van der Waals surface area (Å²) < 4.78 is 30.8. The SMILES string of the molecule is CCOC(=O)C(C)NC(=O)c1cc(F)c(F)cc1C(=O)O. The zero-order chi connectivity index (χ0) is 16.2. The molecule has 6 nitrogen and oxygen atoms in total. The van der Waals surface area contributed by atoms with Gasteiger partial charge in [0.15, 0.2) is 11.6 Å². The summed E-state index contributed by atoms with van der Waals surface area (Å²) in [5.41, 5.74) is -1.29. The number of rotatable bonds is 5. The van der Waals surface area contributed by atoms with E-state index in [0.29, 0.717) is 12.1 Å². The van der Waals surface area contributed by atoms with Crippen molar-refractivity contribution < 1.29 is 33.0 Å². The number of carbonyl (C=O) groups excluding carboxylic acids is 2. The molecule has 1 aromatic rings. The van der Waals surface area contributed by atoms with E-state index < -0.39 is 46.6 Å². The number of esters is 1. The summed E-state index contributed by atoms with van der Waals surface area (Å²) in [5.74, 6) is -6.10. The lowest BCUT2D eigenvalue weighted by Crippen LogP contribution is -2.40. The first-order valence-electron chi connectivity index (χ1n) is 5.97. The molecule has 8 heteroatoms. The highest BCUT2D eigenvalue weighted by Gasteiger charge is 2.23. The van der Waals surface area contributed by atoms with Crippen LogP contribution in [-0.4, -0.2) is 35.6 Å². The van der Waals surface area contributed by atoms with Crippen LogP contribution in [0.25, 0.3) is 0 Å². The van der Waals surface area contributed by atoms with Crippen LogP contribution < -0.4 is 5.32 Å². The Hall–Kier alpha value is -2.51. The summed E-state index contributed by atoms with van der Waals surface area (Å²) in [6, 6.07) is -0.194. The topological polar surface area (TPSA) is 92.7 Å². The molecule has 1 unspecified atom stereocenters. The highest BCUT2D eigenvalue weighted by molar-refractivity contribution is 6.05. The molecule has 21 heavy (non-hydrogen) atoms. The predicted octanol–water partition coefficient (Wildman–Crippen LogP) is 1.34. The van der Waals surface area contributed by atoms with E-state index in [2.05, 4.69) is 10.1 Å². The van der Waals surface area contributed by atoms with Crippen molar-refractivity contribution in [2.75, 3.05) is 6.61 Å². The van der Waals surface area contributed by atoms with E-state index in [1.807, 2.05) is 0 Å². The summed E-state index contributed by atoms with van der Waals surface area (Å²) >= 11 is 0. The molecule has 0 aliphatic carbocycles. The summed E-state index contributed by atoms with van der Waals surface area (Å²) in [7, 11) is 0. The van der Waals surface area contributed by atoms with Gasteiger partial charge in [-0.1, -0.05) is 0 Å². The van der Waals surface area contributed by atoms with E-state index >= 15 is 0 Å². The van der Waals surface area contributed by atoms with Gasteiger partial charge in [-0.25, -0.2) is 18.4 Å². The number of halogens is 2. The van der Waals surface area contributed by atoms with Crippen molar-refractivity contribution in [3.05, 3.63) is 34.9 Å². The van der Waals surface area contributed by atoms with Crippen molar-refractivity contribution in [3.8, 4) is 0 Å². The molecule has 2 N–H and O–H groups in total. The van der Waals surface area contributed by atoms with E-state index in [-0.39, 0.29) is 6.61 Å². The summed E-state index contributed by atoms with van der Waals surface area (Å²) in [6.07, 6.45) is 0. The molecular formula is C13H13F2NO5. The van der Waals surface area contributed by atoms with Gasteiger partial charge < -0.3 is 15.2 Å². The lowest BCUT2D eigenvalue weighted by molar-refractivity contribution is -0.144. The van der Waals surface area contributed by atoms with Gasteiger partial charge in [0.25, 0.3) is 5.91 Å². The Bertz CT molecular complexity index is 588. The van der Waals surface area contributed by atoms with Crippen LogP contribution in [-0.2, 0) is 9.53 Å². The van der Waals surface area contributed by atoms with Gasteiger partial charge in [-0.05, 0) is 26.0 Å². The fourth-order valence-electron chi connectivity index (χ4n) is 1.51. The molecule has 0 spiro atoms. The highest BCUT2D eigenvalue weighted by atomic mass is 19.2. The van der Waals surface area contributed by atoms with Gasteiger partial charge in [0, 0.05) is 0 Å². The monoisotopic (exact) mass is 301 g/mol. The van der Waals surface area contributed by atoms with E-state index in [9.17, 15) is 23.2 Å². The van der Waals surface area contributed by atoms with Crippen molar-refractivity contribution in [3.63, 3.8) is 0 Å². The maximum Gasteiger partial charge on any atom is 0.336 e. The lowest BCUT2D eigenvalue weighted by Gasteiger charge is -2.13. The average molecular weight is 301 g/mol. The van der Waals surface area contributed by atoms with Gasteiger partial charge in [-0.3, -0.25) is 4.79 Å². The van der Waals surface area contributed by atoms with Gasteiger partial charge in [-0.2, -0.15) is 0 Å². The van der Waals surface area contributed by atoms with Gasteiger partial charge in [-0.15, -0.1) is 0 Å². The summed E-state index contributed by atoms with van der Waals surface area (Å²) in [4.78, 5) is 34.2. The van der Waals surface area contributed by atoms with Gasteiger partial charge >= 0.3 is 11.9 Å². The average Bonchev–Trinajstić information content (AvgIpc) is 2.41. The Morgan fingerprint density at radius 2 is 1.76 bits per heavy atom. The molecule has 0 bridgehead atoms. The standard InChI is InChI=1S/C13H13F2NO5/c1-3-21-13(20)6(2)16-11(17)7-4-9(14)10(15)5-8(7)12(18)19/h4-6H,3H2,1-2H3,(H,16,17)(H,18,19). The number of hydrogen-bond acceptors (Lipinski definition) is 4. The maximum absolute atomic E-state index is 13.2. The molecule has 0 heterocycles. The number of benzene rings is 1. The molecule has 1 atom stereocenters. The van der Waals surface area contributed by atoms with Gasteiger partial charge in [0.1, 0.15) is 6.04 Å². The van der Waals surface area contributed by atoms with Crippen LogP contribution in [0.5, 0.6) is 0 Å². The van der Waals surface area contributed by atoms with Crippen molar-refractivity contribution in [2.24, 2.45) is 0 Å². The molecule has 1 aromatic carbocycles. The van der Waals surface area contributed by atoms with E-state index in [4.69, 9.17) is 5.11 Å². The third-order valence-electron chi connectivity index (χ3n) is 2.52. The Kier molecular flexibility index (Phi) is 5.34. The van der Waals surface area contributed by atoms with Crippen molar-refractivity contribution in [2.45, 2.75) is 19.9 Å². The van der Waals surface area contributed by atoms with Gasteiger partial charge in [0.2, 0.25) is 0 Å². The fourth-order valence-corrected chi connectivity index (χ4v) is 1.51. The Morgan fingerprint density at radius 1 is 1.24 bits per heavy atom. The molecule has 1 rings (SSSR count). The molecule has 0 aliphatic heterocycles. The summed E-state index contributed by atoms with van der Waals surface area (Å²) in [5, 5.41) is 11.1. The number of carboxylic acids is 1. The van der Waals surface area contributed by atoms with Gasteiger partial charge in [0.05, 0.1) is 17.7 Å². The van der Waals surface area contributed by atoms with Crippen LogP contribution in [0.1, 0.15) is 34.6 Å². The molecule has 0 saturated carbocycles. The Balaban J connectivity index is 3.04. The molecule has 0 aliphatic rings. The minimum atomic E-state index is -1.59. The number of amides is 1. The van der Waals surface area contributed by atoms with Crippen molar-refractivity contribution >= 4 is 17.8 Å². The van der Waals surface area contributed by atoms with E-state index in [0.717, 1.165) is 0 Å². The maximum atomic E-state index is 13.2. The molecule has 0 radical (unpaired) electrons. The second-order valence-electron chi connectivity index (χ2n) is 4.06. The number of carboxylic acid groups (broad SMARTS) is 1. The number of hydrogen-bond donors (Lipinski definition) is 2.